The van der Waals surface area contributed by atoms with E-state index in [0.717, 1.165) is 24.3 Å². The first-order valence-electron chi connectivity index (χ1n) is 6.46. The maximum atomic E-state index is 10.4. The number of carboxylic acids is 1. The molecule has 0 rings (SSSR count). The van der Waals surface area contributed by atoms with Crippen molar-refractivity contribution in [2.45, 2.75) is 46.1 Å². The smallest absolute Gasteiger partial charge is 0.304 e. The maximum Gasteiger partial charge on any atom is 0.304 e. The van der Waals surface area contributed by atoms with Gasteiger partial charge in [-0.1, -0.05) is 39.5 Å². The molecule has 0 fully saturated rings. The van der Waals surface area contributed by atoms with Gasteiger partial charge in [0.05, 0.1) is 6.42 Å². The van der Waals surface area contributed by atoms with Crippen LogP contribution < -0.4 is 5.73 Å². The highest BCUT2D eigenvalue weighted by Crippen LogP contribution is 2.12. The van der Waals surface area contributed by atoms with Crippen LogP contribution in [0, 0.1) is 0 Å². The number of carboxylic acid groups (broad SMARTS) is 1. The van der Waals surface area contributed by atoms with Gasteiger partial charge < -0.3 is 10.8 Å². The zero-order chi connectivity index (χ0) is 14.4. The molecule has 0 aromatic heterocycles. The first-order valence-corrected chi connectivity index (χ1v) is 7.62. The number of rotatable bonds is 9. The van der Waals surface area contributed by atoms with Gasteiger partial charge in [0, 0.05) is 11.8 Å². The predicted octanol–water partition coefficient (Wildman–Crippen LogP) is 3.46. The Morgan fingerprint density at radius 2 is 2.11 bits per heavy atom. The van der Waals surface area contributed by atoms with E-state index in [1.54, 1.807) is 11.8 Å². The monoisotopic (exact) mass is 273 g/mol. The first kappa shape index (κ1) is 19.6. The number of carbonyl (C=O) groups is 1. The van der Waals surface area contributed by atoms with Crippen molar-refractivity contribution in [3.63, 3.8) is 0 Å². The summed E-state index contributed by atoms with van der Waals surface area (Å²) in [6.45, 7) is 9.84. The molecule has 0 bridgehead atoms. The lowest BCUT2D eigenvalue weighted by Crippen LogP contribution is -2.24. The number of hydrogen-bond acceptors (Lipinski definition) is 3. The molecule has 4 heteroatoms. The van der Waals surface area contributed by atoms with E-state index in [1.165, 1.54) is 5.57 Å². The van der Waals surface area contributed by atoms with E-state index in [1.807, 2.05) is 19.9 Å². The molecule has 0 aliphatic rings. The van der Waals surface area contributed by atoms with Crippen LogP contribution in [-0.4, -0.2) is 28.6 Å². The molecule has 0 aromatic carbocycles. The van der Waals surface area contributed by atoms with Gasteiger partial charge in [-0.05, 0) is 24.2 Å². The Hall–Kier alpha value is -0.740. The van der Waals surface area contributed by atoms with E-state index in [-0.39, 0.29) is 12.5 Å². The minimum absolute atomic E-state index is 0.0552. The topological polar surface area (TPSA) is 63.3 Å². The lowest BCUT2D eigenvalue weighted by atomic mass is 10.2. The van der Waals surface area contributed by atoms with E-state index in [4.69, 9.17) is 10.8 Å². The van der Waals surface area contributed by atoms with Crippen molar-refractivity contribution >= 4 is 17.7 Å². The molecule has 0 amide bonds. The van der Waals surface area contributed by atoms with Gasteiger partial charge in [0.25, 0.3) is 0 Å². The number of thioether (sulfide) groups is 1. The third-order valence-corrected chi connectivity index (χ3v) is 3.13. The Bertz CT molecular complexity index is 252. The highest BCUT2D eigenvalue weighted by molar-refractivity contribution is 7.99. The van der Waals surface area contributed by atoms with Crippen LogP contribution in [-0.2, 0) is 4.79 Å². The number of hydrogen-bond donors (Lipinski definition) is 2. The molecule has 0 radical (unpaired) electrons. The second kappa shape index (κ2) is 14.3. The molecule has 0 saturated heterocycles. The molecule has 18 heavy (non-hydrogen) atoms. The molecule has 0 saturated carbocycles. The Balaban J connectivity index is 0. The second-order valence-electron chi connectivity index (χ2n) is 3.59. The molecule has 0 spiro atoms. The van der Waals surface area contributed by atoms with Crippen LogP contribution in [0.3, 0.4) is 0 Å². The minimum atomic E-state index is -0.824. The minimum Gasteiger partial charge on any atom is -0.481 e. The van der Waals surface area contributed by atoms with Gasteiger partial charge in [-0.2, -0.15) is 11.8 Å². The van der Waals surface area contributed by atoms with Crippen LogP contribution in [0.25, 0.3) is 0 Å². The largest absolute Gasteiger partial charge is 0.481 e. The molecule has 1 atom stereocenters. The average molecular weight is 273 g/mol. The summed E-state index contributed by atoms with van der Waals surface area (Å²) >= 11 is 1.77. The zero-order valence-corrected chi connectivity index (χ0v) is 12.6. The van der Waals surface area contributed by atoms with Gasteiger partial charge in [-0.25, -0.2) is 0 Å². The van der Waals surface area contributed by atoms with Crippen LogP contribution in [0.2, 0.25) is 0 Å². The van der Waals surface area contributed by atoms with Gasteiger partial charge in [0.15, 0.2) is 0 Å². The number of aliphatic carboxylic acids is 1. The van der Waals surface area contributed by atoms with Crippen LogP contribution in [0.1, 0.15) is 40.0 Å². The fourth-order valence-electron chi connectivity index (χ4n) is 1.21. The number of nitrogens with two attached hydrogens (primary N) is 1. The van der Waals surface area contributed by atoms with E-state index in [9.17, 15) is 4.79 Å². The van der Waals surface area contributed by atoms with Crippen molar-refractivity contribution in [2.24, 2.45) is 5.73 Å². The highest BCUT2D eigenvalue weighted by atomic mass is 32.2. The summed E-state index contributed by atoms with van der Waals surface area (Å²) in [6, 6.07) is -0.229. The van der Waals surface area contributed by atoms with Crippen molar-refractivity contribution in [1.29, 1.82) is 0 Å². The predicted molar refractivity (Wildman–Crippen MR) is 82.1 cm³/mol. The quantitative estimate of drug-likeness (QED) is 0.499. The summed E-state index contributed by atoms with van der Waals surface area (Å²) < 4.78 is 0. The fourth-order valence-corrected chi connectivity index (χ4v) is 2.30. The van der Waals surface area contributed by atoms with Gasteiger partial charge in [0.2, 0.25) is 0 Å². The Morgan fingerprint density at radius 1 is 1.50 bits per heavy atom. The van der Waals surface area contributed by atoms with Gasteiger partial charge in [0.1, 0.15) is 0 Å². The van der Waals surface area contributed by atoms with Gasteiger partial charge >= 0.3 is 5.97 Å². The van der Waals surface area contributed by atoms with Crippen molar-refractivity contribution < 1.29 is 9.90 Å². The Kier molecular flexibility index (Phi) is 15.6. The summed E-state index contributed by atoms with van der Waals surface area (Å²) in [5.74, 6) is 0.996. The van der Waals surface area contributed by atoms with E-state index in [0.29, 0.717) is 0 Å². The lowest BCUT2D eigenvalue weighted by Gasteiger charge is -2.08. The molecule has 0 aliphatic heterocycles. The molecule has 0 aromatic rings. The normalized spacial score (nSPS) is 12.3. The number of allylic oxidation sites excluding steroid dienone is 2. The summed E-state index contributed by atoms with van der Waals surface area (Å²) in [4.78, 5) is 10.4. The van der Waals surface area contributed by atoms with Gasteiger partial charge in [-0.15, -0.1) is 0 Å². The molecule has 0 aliphatic carbocycles. The van der Waals surface area contributed by atoms with Crippen LogP contribution in [0.15, 0.2) is 24.3 Å². The summed E-state index contributed by atoms with van der Waals surface area (Å²) in [5.41, 5.74) is 6.89. The SMILES string of the molecule is C=C/C(=C\CC)CSCCC(N)CC(=O)O.CC. The molecule has 3 N–H and O–H groups in total. The fraction of sp³-hybridized carbons (Fsp3) is 0.643. The Morgan fingerprint density at radius 3 is 2.56 bits per heavy atom. The van der Waals surface area contributed by atoms with E-state index >= 15 is 0 Å². The molecule has 0 heterocycles. The first-order chi connectivity index (χ1) is 8.60. The van der Waals surface area contributed by atoms with Crippen molar-refractivity contribution in [2.75, 3.05) is 11.5 Å². The summed E-state index contributed by atoms with van der Waals surface area (Å²) in [6.07, 6.45) is 5.83. The molecule has 1 unspecified atom stereocenters. The zero-order valence-electron chi connectivity index (χ0n) is 11.8. The molecular weight excluding hydrogens is 246 g/mol. The van der Waals surface area contributed by atoms with Crippen molar-refractivity contribution in [3.05, 3.63) is 24.3 Å². The Labute approximate surface area is 116 Å². The maximum absolute atomic E-state index is 10.4. The van der Waals surface area contributed by atoms with Crippen LogP contribution >= 0.6 is 11.8 Å². The van der Waals surface area contributed by atoms with Gasteiger partial charge in [-0.3, -0.25) is 4.79 Å². The van der Waals surface area contributed by atoms with E-state index in [2.05, 4.69) is 19.6 Å². The standard InChI is InChI=1S/C12H21NO2S.C2H6/c1-3-5-10(4-2)9-16-7-6-11(13)8-12(14)15;1-2/h4-5,11H,2-3,6-9,13H2,1H3,(H,14,15);1-2H3/b10-5+;. The lowest BCUT2D eigenvalue weighted by molar-refractivity contribution is -0.137. The summed E-state index contributed by atoms with van der Waals surface area (Å²) in [7, 11) is 0. The van der Waals surface area contributed by atoms with Crippen LogP contribution in [0.5, 0.6) is 0 Å². The second-order valence-corrected chi connectivity index (χ2v) is 4.70. The highest BCUT2D eigenvalue weighted by Gasteiger charge is 2.07. The van der Waals surface area contributed by atoms with E-state index < -0.39 is 5.97 Å². The van der Waals surface area contributed by atoms with Crippen molar-refractivity contribution in [3.8, 4) is 0 Å². The third-order valence-electron chi connectivity index (χ3n) is 2.07. The molecule has 106 valence electrons. The third kappa shape index (κ3) is 13.3. The summed E-state index contributed by atoms with van der Waals surface area (Å²) in [5, 5.41) is 8.53. The average Bonchev–Trinajstić information content (AvgIpc) is 2.34. The molecular formula is C14H27NO2S. The van der Waals surface area contributed by atoms with Crippen LogP contribution in [0.4, 0.5) is 0 Å². The van der Waals surface area contributed by atoms with Crippen molar-refractivity contribution in [1.82, 2.24) is 0 Å². The molecule has 3 nitrogen and oxygen atoms in total.